The first-order chi connectivity index (χ1) is 11.3. The van der Waals surface area contributed by atoms with Crippen molar-refractivity contribution in [2.75, 3.05) is 39.8 Å². The topological polar surface area (TPSA) is 67.8 Å². The van der Waals surface area contributed by atoms with Crippen LogP contribution in [-0.2, 0) is 0 Å². The highest BCUT2D eigenvalue weighted by Gasteiger charge is 2.29. The van der Waals surface area contributed by atoms with Crippen LogP contribution in [0.15, 0.2) is 0 Å². The van der Waals surface area contributed by atoms with Crippen molar-refractivity contribution in [3.8, 4) is 0 Å². The van der Waals surface area contributed by atoms with Crippen LogP contribution in [0.5, 0.6) is 0 Å². The molecule has 140 valence electrons. The zero-order valence-corrected chi connectivity index (χ0v) is 15.8. The van der Waals surface area contributed by atoms with Crippen LogP contribution >= 0.6 is 0 Å². The highest BCUT2D eigenvalue weighted by molar-refractivity contribution is 5.74. The molecule has 2 rings (SSSR count). The lowest BCUT2D eigenvalue weighted by atomic mass is 9.93. The summed E-state index contributed by atoms with van der Waals surface area (Å²) < 4.78 is 0. The van der Waals surface area contributed by atoms with Crippen LogP contribution < -0.4 is 10.6 Å². The summed E-state index contributed by atoms with van der Waals surface area (Å²) in [5.74, 6) is 0.107. The fourth-order valence-corrected chi connectivity index (χ4v) is 3.47. The zero-order chi connectivity index (χ0) is 17.7. The third kappa shape index (κ3) is 5.60. The summed E-state index contributed by atoms with van der Waals surface area (Å²) in [6, 6.07) is 0.808. The Balaban J connectivity index is 1.66. The van der Waals surface area contributed by atoms with Gasteiger partial charge >= 0.3 is 6.03 Å². The van der Waals surface area contributed by atoms with E-state index in [9.17, 15) is 9.90 Å². The number of carbonyl (C=O) groups is 1. The Morgan fingerprint density at radius 3 is 2.29 bits per heavy atom. The highest BCUT2D eigenvalue weighted by atomic mass is 16.3. The predicted octanol–water partition coefficient (Wildman–Crippen LogP) is 1.25. The van der Waals surface area contributed by atoms with Gasteiger partial charge in [0.1, 0.15) is 0 Å². The predicted molar refractivity (Wildman–Crippen MR) is 97.1 cm³/mol. The molecule has 2 saturated heterocycles. The van der Waals surface area contributed by atoms with E-state index in [0.29, 0.717) is 0 Å². The van der Waals surface area contributed by atoms with E-state index >= 15 is 0 Å². The number of rotatable bonds is 5. The number of nitrogens with zero attached hydrogens (tertiary/aromatic N) is 2. The van der Waals surface area contributed by atoms with Gasteiger partial charge in [-0.25, -0.2) is 4.79 Å². The monoisotopic (exact) mass is 340 g/mol. The molecule has 6 heteroatoms. The summed E-state index contributed by atoms with van der Waals surface area (Å²) in [6.45, 7) is 10.5. The molecule has 0 bridgehead atoms. The maximum Gasteiger partial charge on any atom is 0.315 e. The Morgan fingerprint density at radius 2 is 1.75 bits per heavy atom. The number of likely N-dealkylation sites (tertiary alicyclic amines) is 2. The summed E-state index contributed by atoms with van der Waals surface area (Å²) >= 11 is 0. The molecule has 2 aliphatic rings. The van der Waals surface area contributed by atoms with E-state index in [1.54, 1.807) is 6.92 Å². The molecule has 0 saturated carbocycles. The Bertz CT molecular complexity index is 398. The molecule has 2 aliphatic heterocycles. The van der Waals surface area contributed by atoms with Crippen LogP contribution in [0.4, 0.5) is 4.79 Å². The molecule has 1 atom stereocenters. The molecule has 0 aromatic rings. The first-order valence-electron chi connectivity index (χ1n) is 9.47. The first-order valence-corrected chi connectivity index (χ1v) is 9.47. The maximum atomic E-state index is 12.0. The Kier molecular flexibility index (Phi) is 6.89. The van der Waals surface area contributed by atoms with Gasteiger partial charge in [-0.05, 0) is 58.7 Å². The Labute approximate surface area is 147 Å². The second kappa shape index (κ2) is 8.50. The minimum Gasteiger partial charge on any atom is -0.388 e. The molecular formula is C18H36N4O2. The van der Waals surface area contributed by atoms with E-state index in [2.05, 4.69) is 27.5 Å². The van der Waals surface area contributed by atoms with Crippen molar-refractivity contribution in [1.82, 2.24) is 20.4 Å². The van der Waals surface area contributed by atoms with Crippen molar-refractivity contribution in [3.63, 3.8) is 0 Å². The van der Waals surface area contributed by atoms with Gasteiger partial charge in [0, 0.05) is 31.7 Å². The van der Waals surface area contributed by atoms with Crippen LogP contribution in [0, 0.1) is 5.92 Å². The van der Waals surface area contributed by atoms with Gasteiger partial charge in [-0.15, -0.1) is 0 Å². The number of aliphatic hydroxyl groups is 1. The van der Waals surface area contributed by atoms with Crippen molar-refractivity contribution in [2.24, 2.45) is 5.92 Å². The first kappa shape index (κ1) is 19.5. The van der Waals surface area contributed by atoms with Crippen molar-refractivity contribution in [2.45, 2.75) is 64.1 Å². The molecule has 0 aromatic carbocycles. The van der Waals surface area contributed by atoms with Gasteiger partial charge in [0.25, 0.3) is 0 Å². The fraction of sp³-hybridized carbons (Fsp3) is 0.944. The quantitative estimate of drug-likeness (QED) is 0.705. The van der Waals surface area contributed by atoms with E-state index in [1.807, 2.05) is 13.8 Å². The summed E-state index contributed by atoms with van der Waals surface area (Å²) in [6.07, 6.45) is 4.55. The van der Waals surface area contributed by atoms with Crippen molar-refractivity contribution < 1.29 is 9.90 Å². The smallest absolute Gasteiger partial charge is 0.315 e. The number of amides is 2. The van der Waals surface area contributed by atoms with Crippen LogP contribution in [-0.4, -0.2) is 78.4 Å². The van der Waals surface area contributed by atoms with E-state index in [1.165, 1.54) is 25.9 Å². The number of urea groups is 1. The van der Waals surface area contributed by atoms with E-state index in [4.69, 9.17) is 0 Å². The molecule has 0 aromatic heterocycles. The van der Waals surface area contributed by atoms with Crippen LogP contribution in [0.3, 0.4) is 0 Å². The lowest BCUT2D eigenvalue weighted by Crippen LogP contribution is -2.53. The van der Waals surface area contributed by atoms with E-state index in [0.717, 1.165) is 32.0 Å². The summed E-state index contributed by atoms with van der Waals surface area (Å²) in [5.41, 5.74) is -0.866. The molecule has 3 N–H and O–H groups in total. The molecule has 2 fully saturated rings. The second-order valence-electron chi connectivity index (χ2n) is 8.18. The van der Waals surface area contributed by atoms with Gasteiger partial charge in [0.05, 0.1) is 5.60 Å². The average Bonchev–Trinajstić information content (AvgIpc) is 2.54. The van der Waals surface area contributed by atoms with E-state index in [-0.39, 0.29) is 24.5 Å². The zero-order valence-electron chi connectivity index (χ0n) is 15.8. The third-order valence-electron chi connectivity index (χ3n) is 5.92. The number of hydrogen-bond donors (Lipinski definition) is 3. The summed E-state index contributed by atoms with van der Waals surface area (Å²) in [5, 5.41) is 16.1. The largest absolute Gasteiger partial charge is 0.388 e. The van der Waals surface area contributed by atoms with Gasteiger partial charge in [0.2, 0.25) is 0 Å². The maximum absolute atomic E-state index is 12.0. The lowest BCUT2D eigenvalue weighted by Gasteiger charge is -2.41. The van der Waals surface area contributed by atoms with Gasteiger partial charge in [-0.3, -0.25) is 0 Å². The Hall–Kier alpha value is -0.850. The van der Waals surface area contributed by atoms with Gasteiger partial charge in [-0.1, -0.05) is 13.8 Å². The summed E-state index contributed by atoms with van der Waals surface area (Å²) in [7, 11) is 2.20. The number of piperidine rings is 2. The molecule has 2 amide bonds. The molecule has 24 heavy (non-hydrogen) atoms. The third-order valence-corrected chi connectivity index (χ3v) is 5.92. The van der Waals surface area contributed by atoms with E-state index < -0.39 is 5.60 Å². The van der Waals surface area contributed by atoms with Gasteiger partial charge < -0.3 is 25.5 Å². The standard InChI is InChI=1S/C18H36N4O2/c1-14(2)18(3,24)13-19-17(23)20-15-5-11-22(12-6-15)16-7-9-21(4)10-8-16/h14-16,24H,5-13H2,1-4H3,(H2,19,20,23). The van der Waals surface area contributed by atoms with Crippen LogP contribution in [0.25, 0.3) is 0 Å². The number of carbonyl (C=O) groups excluding carboxylic acids is 1. The van der Waals surface area contributed by atoms with Gasteiger partial charge in [0.15, 0.2) is 0 Å². The second-order valence-corrected chi connectivity index (χ2v) is 8.18. The minimum absolute atomic E-state index is 0.107. The minimum atomic E-state index is -0.866. The molecule has 0 spiro atoms. The SMILES string of the molecule is CC(C)C(C)(O)CNC(=O)NC1CCN(C2CCN(C)CC2)CC1. The molecule has 0 radical (unpaired) electrons. The van der Waals surface area contributed by atoms with Gasteiger partial charge in [-0.2, -0.15) is 0 Å². The van der Waals surface area contributed by atoms with Crippen LogP contribution in [0.2, 0.25) is 0 Å². The highest BCUT2D eigenvalue weighted by Crippen LogP contribution is 2.20. The Morgan fingerprint density at radius 1 is 1.17 bits per heavy atom. The molecule has 6 nitrogen and oxygen atoms in total. The fourth-order valence-electron chi connectivity index (χ4n) is 3.47. The molecule has 0 aliphatic carbocycles. The lowest BCUT2D eigenvalue weighted by molar-refractivity contribution is 0.0164. The number of nitrogens with one attached hydrogen (secondary N) is 2. The van der Waals surface area contributed by atoms with Crippen molar-refractivity contribution >= 4 is 6.03 Å². The molecular weight excluding hydrogens is 304 g/mol. The van der Waals surface area contributed by atoms with Crippen molar-refractivity contribution in [3.05, 3.63) is 0 Å². The van der Waals surface area contributed by atoms with Crippen LogP contribution in [0.1, 0.15) is 46.5 Å². The normalized spacial score (nSPS) is 24.8. The average molecular weight is 341 g/mol. The van der Waals surface area contributed by atoms with Crippen molar-refractivity contribution in [1.29, 1.82) is 0 Å². The molecule has 1 unspecified atom stereocenters. The summed E-state index contributed by atoms with van der Waals surface area (Å²) in [4.78, 5) is 17.1. The molecule has 2 heterocycles. The number of hydrogen-bond acceptors (Lipinski definition) is 4.